The van der Waals surface area contributed by atoms with Crippen LogP contribution < -0.4 is 10.2 Å². The number of rotatable bonds is 7. The monoisotopic (exact) mass is 274 g/mol. The van der Waals surface area contributed by atoms with E-state index in [-0.39, 0.29) is 0 Å². The van der Waals surface area contributed by atoms with E-state index in [0.29, 0.717) is 18.2 Å². The average Bonchev–Trinajstić information content (AvgIpc) is 2.29. The number of carbonyl (C=O) groups excluding carboxylic acids is 1. The molecule has 0 aliphatic carbocycles. The highest BCUT2D eigenvalue weighted by Gasteiger charge is 2.08. The maximum atomic E-state index is 10.4. The number of hydrogen-bond donors (Lipinski definition) is 1. The second kappa shape index (κ2) is 7.41. The Hall–Kier alpha value is -0.930. The van der Waals surface area contributed by atoms with Gasteiger partial charge >= 0.3 is 0 Å². The third-order valence-corrected chi connectivity index (χ3v) is 2.81. The lowest BCUT2D eigenvalue weighted by Crippen LogP contribution is -2.28. The Bertz CT molecular complexity index is 366. The van der Waals surface area contributed by atoms with Crippen LogP contribution in [-0.4, -0.2) is 31.3 Å². The quantitative estimate of drug-likeness (QED) is 0.613. The summed E-state index contributed by atoms with van der Waals surface area (Å²) >= 11 is 11.5. The summed E-state index contributed by atoms with van der Waals surface area (Å²) in [4.78, 5) is 12.5. The van der Waals surface area contributed by atoms with Crippen molar-refractivity contribution in [1.29, 1.82) is 0 Å². The third-order valence-electron chi connectivity index (χ3n) is 2.47. The van der Waals surface area contributed by atoms with E-state index in [4.69, 9.17) is 23.2 Å². The number of nitrogens with one attached hydrogen (secondary N) is 1. The van der Waals surface area contributed by atoms with Crippen molar-refractivity contribution in [1.82, 2.24) is 0 Å². The van der Waals surface area contributed by atoms with E-state index < -0.39 is 0 Å². The molecule has 0 aliphatic heterocycles. The Morgan fingerprint density at radius 3 is 2.41 bits per heavy atom. The van der Waals surface area contributed by atoms with Crippen LogP contribution in [0.3, 0.4) is 0 Å². The number of alkyl halides is 2. The molecule has 0 saturated carbocycles. The van der Waals surface area contributed by atoms with Gasteiger partial charge in [-0.1, -0.05) is 0 Å². The van der Waals surface area contributed by atoms with Gasteiger partial charge in [0.25, 0.3) is 0 Å². The summed E-state index contributed by atoms with van der Waals surface area (Å²) in [6.45, 7) is 3.52. The van der Waals surface area contributed by atoms with Gasteiger partial charge in [-0.2, -0.15) is 0 Å². The minimum absolute atomic E-state index is 0.560. The molecule has 3 nitrogen and oxygen atoms in total. The molecule has 0 bridgehead atoms. The van der Waals surface area contributed by atoms with Crippen LogP contribution in [0, 0.1) is 6.92 Å². The molecule has 0 aliphatic rings. The van der Waals surface area contributed by atoms with Gasteiger partial charge in [0.15, 0.2) is 0 Å². The van der Waals surface area contributed by atoms with E-state index in [1.807, 2.05) is 25.1 Å². The zero-order chi connectivity index (χ0) is 12.7. The smallest absolute Gasteiger partial charge is 0.211 e. The summed E-state index contributed by atoms with van der Waals surface area (Å²) in [6, 6.07) is 5.77. The average molecular weight is 275 g/mol. The zero-order valence-electron chi connectivity index (χ0n) is 9.75. The molecule has 1 amide bonds. The predicted molar refractivity (Wildman–Crippen MR) is 74.5 cm³/mol. The summed E-state index contributed by atoms with van der Waals surface area (Å²) < 4.78 is 0. The first-order valence-corrected chi connectivity index (χ1v) is 6.47. The molecule has 1 rings (SSSR count). The van der Waals surface area contributed by atoms with Crippen molar-refractivity contribution in [3.63, 3.8) is 0 Å². The molecular formula is C12H16Cl2N2O. The van der Waals surface area contributed by atoms with Crippen LogP contribution in [0.5, 0.6) is 0 Å². The van der Waals surface area contributed by atoms with Gasteiger partial charge in [-0.15, -0.1) is 23.2 Å². The zero-order valence-corrected chi connectivity index (χ0v) is 11.3. The van der Waals surface area contributed by atoms with Gasteiger partial charge in [-0.05, 0) is 30.7 Å². The number of anilines is 2. The number of hydrogen-bond acceptors (Lipinski definition) is 2. The van der Waals surface area contributed by atoms with E-state index in [1.165, 1.54) is 0 Å². The van der Waals surface area contributed by atoms with Crippen molar-refractivity contribution in [2.75, 3.05) is 35.1 Å². The van der Waals surface area contributed by atoms with Gasteiger partial charge in [0.2, 0.25) is 6.41 Å². The maximum Gasteiger partial charge on any atom is 0.211 e. The second-order valence-corrected chi connectivity index (χ2v) is 4.38. The van der Waals surface area contributed by atoms with Crippen LogP contribution in [0.2, 0.25) is 0 Å². The fourth-order valence-corrected chi connectivity index (χ4v) is 2.13. The lowest BCUT2D eigenvalue weighted by Gasteiger charge is -2.25. The standard InChI is InChI=1S/C12H16Cl2N2O/c1-10-8-11(15-9-17)2-3-12(10)16(6-4-13)7-5-14/h2-3,8-9H,4-7H2,1H3,(H,15,17). The van der Waals surface area contributed by atoms with E-state index in [0.717, 1.165) is 30.0 Å². The van der Waals surface area contributed by atoms with Crippen molar-refractivity contribution < 1.29 is 4.79 Å². The molecule has 0 spiro atoms. The molecule has 0 fully saturated rings. The number of nitrogens with zero attached hydrogens (tertiary/aromatic N) is 1. The highest BCUT2D eigenvalue weighted by molar-refractivity contribution is 6.18. The van der Waals surface area contributed by atoms with Crippen LogP contribution in [-0.2, 0) is 4.79 Å². The molecule has 0 unspecified atom stereocenters. The lowest BCUT2D eigenvalue weighted by molar-refractivity contribution is -0.105. The van der Waals surface area contributed by atoms with Crippen LogP contribution in [0.15, 0.2) is 18.2 Å². The fraction of sp³-hybridized carbons (Fsp3) is 0.417. The Morgan fingerprint density at radius 2 is 1.94 bits per heavy atom. The molecule has 0 atom stereocenters. The van der Waals surface area contributed by atoms with Crippen LogP contribution >= 0.6 is 23.2 Å². The van der Waals surface area contributed by atoms with Gasteiger partial charge in [-0.3, -0.25) is 4.79 Å². The number of amides is 1. The molecule has 0 radical (unpaired) electrons. The Labute approximate surface area is 112 Å². The Balaban J connectivity index is 2.90. The van der Waals surface area contributed by atoms with Crippen molar-refractivity contribution in [2.24, 2.45) is 0 Å². The van der Waals surface area contributed by atoms with Crippen molar-refractivity contribution in [3.8, 4) is 0 Å². The number of halogens is 2. The molecule has 0 aromatic heterocycles. The highest BCUT2D eigenvalue weighted by atomic mass is 35.5. The first-order chi connectivity index (χ1) is 8.22. The molecular weight excluding hydrogens is 259 g/mol. The van der Waals surface area contributed by atoms with E-state index in [1.54, 1.807) is 0 Å². The summed E-state index contributed by atoms with van der Waals surface area (Å²) in [7, 11) is 0. The fourth-order valence-electron chi connectivity index (χ4n) is 1.72. The van der Waals surface area contributed by atoms with E-state index in [2.05, 4.69) is 10.2 Å². The van der Waals surface area contributed by atoms with Crippen molar-refractivity contribution in [2.45, 2.75) is 6.92 Å². The molecule has 94 valence electrons. The first-order valence-electron chi connectivity index (χ1n) is 5.40. The molecule has 1 N–H and O–H groups in total. The summed E-state index contributed by atoms with van der Waals surface area (Å²) in [5.74, 6) is 1.12. The second-order valence-electron chi connectivity index (χ2n) is 3.63. The maximum absolute atomic E-state index is 10.4. The number of aryl methyl sites for hydroxylation is 1. The minimum Gasteiger partial charge on any atom is -0.369 e. The number of benzene rings is 1. The molecule has 0 heterocycles. The topological polar surface area (TPSA) is 32.3 Å². The molecule has 1 aromatic rings. The number of carbonyl (C=O) groups is 1. The normalized spacial score (nSPS) is 10.1. The Kier molecular flexibility index (Phi) is 6.16. The van der Waals surface area contributed by atoms with E-state index in [9.17, 15) is 4.79 Å². The van der Waals surface area contributed by atoms with E-state index >= 15 is 0 Å². The van der Waals surface area contributed by atoms with Gasteiger partial charge in [0.05, 0.1) is 0 Å². The Morgan fingerprint density at radius 1 is 1.29 bits per heavy atom. The lowest BCUT2D eigenvalue weighted by atomic mass is 10.1. The third kappa shape index (κ3) is 4.10. The largest absolute Gasteiger partial charge is 0.369 e. The SMILES string of the molecule is Cc1cc(NC=O)ccc1N(CCCl)CCCl. The molecule has 17 heavy (non-hydrogen) atoms. The van der Waals surface area contributed by atoms with Crippen LogP contribution in [0.25, 0.3) is 0 Å². The van der Waals surface area contributed by atoms with Crippen molar-refractivity contribution >= 4 is 41.0 Å². The van der Waals surface area contributed by atoms with Crippen LogP contribution in [0.4, 0.5) is 11.4 Å². The molecule has 0 saturated heterocycles. The highest BCUT2D eigenvalue weighted by Crippen LogP contribution is 2.23. The van der Waals surface area contributed by atoms with Crippen molar-refractivity contribution in [3.05, 3.63) is 23.8 Å². The van der Waals surface area contributed by atoms with Gasteiger partial charge in [0, 0.05) is 36.2 Å². The first kappa shape index (κ1) is 14.1. The van der Waals surface area contributed by atoms with Gasteiger partial charge < -0.3 is 10.2 Å². The molecule has 1 aromatic carbocycles. The van der Waals surface area contributed by atoms with Gasteiger partial charge in [-0.25, -0.2) is 0 Å². The predicted octanol–water partition coefficient (Wildman–Crippen LogP) is 2.85. The summed E-state index contributed by atoms with van der Waals surface area (Å²) in [5.41, 5.74) is 2.98. The minimum atomic E-state index is 0.560. The summed E-state index contributed by atoms with van der Waals surface area (Å²) in [5, 5.41) is 2.63. The van der Waals surface area contributed by atoms with Crippen LogP contribution in [0.1, 0.15) is 5.56 Å². The molecule has 5 heteroatoms. The summed E-state index contributed by atoms with van der Waals surface area (Å²) in [6.07, 6.45) is 0.670. The van der Waals surface area contributed by atoms with Gasteiger partial charge in [0.1, 0.15) is 0 Å².